The van der Waals surface area contributed by atoms with Crippen LogP contribution in [0.25, 0.3) is 0 Å². The molecule has 2 atom stereocenters. The van der Waals surface area contributed by atoms with Crippen LogP contribution in [0.5, 0.6) is 0 Å². The SMILES string of the molecule is C=CC(=O)CCC[C@@H](O)C[C@@H](C)COCCCC. The number of aliphatic hydroxyl groups excluding tert-OH is 1. The van der Waals surface area contributed by atoms with Crippen molar-refractivity contribution in [3.8, 4) is 0 Å². The van der Waals surface area contributed by atoms with Gasteiger partial charge in [-0.2, -0.15) is 0 Å². The predicted octanol–water partition coefficient (Wildman–Crippen LogP) is 3.12. The van der Waals surface area contributed by atoms with Gasteiger partial charge >= 0.3 is 0 Å². The van der Waals surface area contributed by atoms with Crippen LogP contribution in [0.1, 0.15) is 52.4 Å². The molecule has 0 aromatic carbocycles. The van der Waals surface area contributed by atoms with E-state index in [1.165, 1.54) is 6.08 Å². The smallest absolute Gasteiger partial charge is 0.155 e. The molecule has 0 saturated heterocycles. The van der Waals surface area contributed by atoms with Crippen LogP contribution in [-0.2, 0) is 9.53 Å². The standard InChI is InChI=1S/C15H28O3/c1-4-6-10-18-12-13(3)11-15(17)9-7-8-14(16)5-2/h5,13,15,17H,2,4,6-12H2,1,3H3/t13-,15-/m1/s1. The summed E-state index contributed by atoms with van der Waals surface area (Å²) in [6.45, 7) is 9.18. The summed E-state index contributed by atoms with van der Waals surface area (Å²) in [4.78, 5) is 11.0. The number of carbonyl (C=O) groups excluding carboxylic acids is 1. The molecule has 0 radical (unpaired) electrons. The van der Waals surface area contributed by atoms with E-state index in [1.807, 2.05) is 0 Å². The number of hydrogen-bond donors (Lipinski definition) is 1. The average molecular weight is 256 g/mol. The van der Waals surface area contributed by atoms with Gasteiger partial charge in [0, 0.05) is 19.6 Å². The topological polar surface area (TPSA) is 46.5 Å². The van der Waals surface area contributed by atoms with Crippen molar-refractivity contribution in [1.82, 2.24) is 0 Å². The minimum atomic E-state index is -0.326. The Morgan fingerprint density at radius 3 is 2.78 bits per heavy atom. The third-order valence-electron chi connectivity index (χ3n) is 2.91. The van der Waals surface area contributed by atoms with Crippen molar-refractivity contribution < 1.29 is 14.6 Å². The molecule has 0 aromatic heterocycles. The number of ether oxygens (including phenoxy) is 1. The summed E-state index contributed by atoms with van der Waals surface area (Å²) in [5, 5.41) is 9.82. The molecule has 0 aromatic rings. The Morgan fingerprint density at radius 1 is 1.44 bits per heavy atom. The van der Waals surface area contributed by atoms with Crippen LogP contribution in [0.4, 0.5) is 0 Å². The molecular formula is C15H28O3. The van der Waals surface area contributed by atoms with E-state index in [4.69, 9.17) is 4.74 Å². The van der Waals surface area contributed by atoms with Crippen molar-refractivity contribution in [2.24, 2.45) is 5.92 Å². The van der Waals surface area contributed by atoms with Crippen molar-refractivity contribution in [2.45, 2.75) is 58.5 Å². The molecule has 18 heavy (non-hydrogen) atoms. The minimum Gasteiger partial charge on any atom is -0.393 e. The van der Waals surface area contributed by atoms with Crippen LogP contribution >= 0.6 is 0 Å². The van der Waals surface area contributed by atoms with Crippen LogP contribution in [0.15, 0.2) is 12.7 Å². The Balaban J connectivity index is 3.51. The predicted molar refractivity (Wildman–Crippen MR) is 74.6 cm³/mol. The molecule has 0 saturated carbocycles. The second-order valence-corrected chi connectivity index (χ2v) is 4.99. The van der Waals surface area contributed by atoms with Gasteiger partial charge in [-0.05, 0) is 37.7 Å². The summed E-state index contributed by atoms with van der Waals surface area (Å²) in [5.41, 5.74) is 0. The highest BCUT2D eigenvalue weighted by molar-refractivity contribution is 5.88. The van der Waals surface area contributed by atoms with Crippen molar-refractivity contribution >= 4 is 5.78 Å². The van der Waals surface area contributed by atoms with Crippen LogP contribution in [0, 0.1) is 5.92 Å². The molecule has 0 aliphatic carbocycles. The first-order valence-corrected chi connectivity index (χ1v) is 7.01. The van der Waals surface area contributed by atoms with Crippen molar-refractivity contribution in [3.63, 3.8) is 0 Å². The quantitative estimate of drug-likeness (QED) is 0.431. The zero-order valence-corrected chi connectivity index (χ0v) is 11.9. The van der Waals surface area contributed by atoms with E-state index in [0.717, 1.165) is 32.3 Å². The van der Waals surface area contributed by atoms with Gasteiger partial charge in [-0.1, -0.05) is 26.8 Å². The zero-order chi connectivity index (χ0) is 13.8. The number of aliphatic hydroxyl groups is 1. The van der Waals surface area contributed by atoms with Gasteiger partial charge in [0.25, 0.3) is 0 Å². The highest BCUT2D eigenvalue weighted by Gasteiger charge is 2.11. The number of ketones is 1. The van der Waals surface area contributed by atoms with Gasteiger partial charge in [0.15, 0.2) is 5.78 Å². The summed E-state index contributed by atoms with van der Waals surface area (Å²) in [6, 6.07) is 0. The molecule has 0 rings (SSSR count). The summed E-state index contributed by atoms with van der Waals surface area (Å²) >= 11 is 0. The molecule has 0 unspecified atom stereocenters. The van der Waals surface area contributed by atoms with Crippen molar-refractivity contribution in [2.75, 3.05) is 13.2 Å². The first-order valence-electron chi connectivity index (χ1n) is 7.01. The van der Waals surface area contributed by atoms with E-state index in [-0.39, 0.29) is 11.9 Å². The highest BCUT2D eigenvalue weighted by Crippen LogP contribution is 2.12. The Kier molecular flexibility index (Phi) is 11.0. The van der Waals surface area contributed by atoms with E-state index in [9.17, 15) is 9.90 Å². The van der Waals surface area contributed by atoms with E-state index in [0.29, 0.717) is 25.4 Å². The maximum atomic E-state index is 11.0. The lowest BCUT2D eigenvalue weighted by atomic mass is 10.00. The molecule has 1 N–H and O–H groups in total. The molecule has 0 aliphatic rings. The molecule has 0 fully saturated rings. The lowest BCUT2D eigenvalue weighted by molar-refractivity contribution is -0.114. The summed E-state index contributed by atoms with van der Waals surface area (Å²) < 4.78 is 5.52. The Labute approximate surface area is 111 Å². The number of allylic oxidation sites excluding steroid dienone is 1. The number of unbranched alkanes of at least 4 members (excludes halogenated alkanes) is 1. The molecular weight excluding hydrogens is 228 g/mol. The van der Waals surface area contributed by atoms with Crippen molar-refractivity contribution in [3.05, 3.63) is 12.7 Å². The van der Waals surface area contributed by atoms with Gasteiger partial charge < -0.3 is 9.84 Å². The fourth-order valence-corrected chi connectivity index (χ4v) is 1.80. The molecule has 3 nitrogen and oxygen atoms in total. The fourth-order valence-electron chi connectivity index (χ4n) is 1.80. The Morgan fingerprint density at radius 2 is 2.17 bits per heavy atom. The van der Waals surface area contributed by atoms with E-state index in [1.54, 1.807) is 0 Å². The molecule has 0 aliphatic heterocycles. The Hall–Kier alpha value is -0.670. The average Bonchev–Trinajstić information content (AvgIpc) is 2.34. The lowest BCUT2D eigenvalue weighted by Crippen LogP contribution is -2.16. The van der Waals surface area contributed by atoms with Gasteiger partial charge in [0.1, 0.15) is 0 Å². The fraction of sp³-hybridized carbons (Fsp3) is 0.800. The van der Waals surface area contributed by atoms with Gasteiger partial charge in [-0.3, -0.25) is 4.79 Å². The summed E-state index contributed by atoms with van der Waals surface area (Å²) in [5.74, 6) is 0.421. The van der Waals surface area contributed by atoms with Crippen LogP contribution in [-0.4, -0.2) is 30.2 Å². The highest BCUT2D eigenvalue weighted by atomic mass is 16.5. The maximum absolute atomic E-state index is 11.0. The van der Waals surface area contributed by atoms with Crippen LogP contribution in [0.3, 0.4) is 0 Å². The van der Waals surface area contributed by atoms with Gasteiger partial charge in [0.2, 0.25) is 0 Å². The third-order valence-corrected chi connectivity index (χ3v) is 2.91. The Bertz CT molecular complexity index is 226. The van der Waals surface area contributed by atoms with Gasteiger partial charge in [0.05, 0.1) is 6.10 Å². The van der Waals surface area contributed by atoms with E-state index < -0.39 is 0 Å². The first kappa shape index (κ1) is 17.3. The second-order valence-electron chi connectivity index (χ2n) is 4.99. The van der Waals surface area contributed by atoms with Crippen LogP contribution < -0.4 is 0 Å². The maximum Gasteiger partial charge on any atom is 0.155 e. The van der Waals surface area contributed by atoms with Gasteiger partial charge in [-0.15, -0.1) is 0 Å². The zero-order valence-electron chi connectivity index (χ0n) is 11.9. The largest absolute Gasteiger partial charge is 0.393 e. The second kappa shape index (κ2) is 11.4. The molecule has 0 amide bonds. The molecule has 0 bridgehead atoms. The number of carbonyl (C=O) groups is 1. The van der Waals surface area contributed by atoms with E-state index in [2.05, 4.69) is 20.4 Å². The first-order chi connectivity index (χ1) is 8.60. The number of rotatable bonds is 12. The monoisotopic (exact) mass is 256 g/mol. The minimum absolute atomic E-state index is 0.0538. The molecule has 3 heteroatoms. The lowest BCUT2D eigenvalue weighted by Gasteiger charge is -2.16. The number of hydrogen-bond acceptors (Lipinski definition) is 3. The molecule has 0 heterocycles. The normalized spacial score (nSPS) is 14.2. The summed E-state index contributed by atoms with van der Waals surface area (Å²) in [7, 11) is 0. The molecule has 0 spiro atoms. The van der Waals surface area contributed by atoms with Crippen molar-refractivity contribution in [1.29, 1.82) is 0 Å². The summed E-state index contributed by atoms with van der Waals surface area (Å²) in [6.07, 6.45) is 5.90. The molecule has 106 valence electrons. The van der Waals surface area contributed by atoms with Gasteiger partial charge in [-0.25, -0.2) is 0 Å². The van der Waals surface area contributed by atoms with Crippen LogP contribution in [0.2, 0.25) is 0 Å². The third kappa shape index (κ3) is 10.5. The van der Waals surface area contributed by atoms with E-state index >= 15 is 0 Å².